The molecule has 0 spiro atoms. The van der Waals surface area contributed by atoms with E-state index < -0.39 is 0 Å². The summed E-state index contributed by atoms with van der Waals surface area (Å²) in [6.45, 7) is 0.759. The molecule has 0 saturated carbocycles. The van der Waals surface area contributed by atoms with Gasteiger partial charge >= 0.3 is 0 Å². The second kappa shape index (κ2) is 5.73. The van der Waals surface area contributed by atoms with Gasteiger partial charge in [-0.1, -0.05) is 11.2 Å². The van der Waals surface area contributed by atoms with Crippen LogP contribution in [0.2, 0.25) is 0 Å². The fraction of sp³-hybridized carbons (Fsp3) is 0.333. The number of oxime groups is 1. The smallest absolute Gasteiger partial charge is 0.173 e. The van der Waals surface area contributed by atoms with Gasteiger partial charge in [0.15, 0.2) is 5.84 Å². The summed E-state index contributed by atoms with van der Waals surface area (Å²) in [5, 5.41) is 14.2. The van der Waals surface area contributed by atoms with E-state index in [0.717, 1.165) is 37.3 Å². The summed E-state index contributed by atoms with van der Waals surface area (Å²) >= 11 is 1.71. The lowest BCUT2D eigenvalue weighted by Gasteiger charge is -2.21. The topological polar surface area (TPSA) is 74.7 Å². The zero-order valence-electron chi connectivity index (χ0n) is 11.9. The Kier molecular flexibility index (Phi) is 3.79. The number of anilines is 1. The number of fused-ring (bicyclic) bond motifs is 1. The number of hydrogen-bond donors (Lipinski definition) is 2. The zero-order chi connectivity index (χ0) is 14.8. The van der Waals surface area contributed by atoms with Crippen molar-refractivity contribution in [1.82, 2.24) is 4.98 Å². The van der Waals surface area contributed by atoms with E-state index in [1.165, 1.54) is 10.4 Å². The molecule has 0 fully saturated rings. The van der Waals surface area contributed by atoms with Crippen molar-refractivity contribution in [2.45, 2.75) is 25.8 Å². The van der Waals surface area contributed by atoms with E-state index in [2.05, 4.69) is 21.5 Å². The summed E-state index contributed by atoms with van der Waals surface area (Å²) in [6, 6.07) is 6.15. The standard InChI is InChI=1S/C15H18N4OS/c1-19(9-11-5-3-7-21-11)15-12(14(16)18-20)8-10-4-2-6-13(10)17-15/h3,5,7-8,20H,2,4,6,9H2,1H3,(H2,16,18). The number of nitrogens with zero attached hydrogens (tertiary/aromatic N) is 3. The fourth-order valence-electron chi connectivity index (χ4n) is 2.71. The predicted molar refractivity (Wildman–Crippen MR) is 85.2 cm³/mol. The SMILES string of the molecule is CN(Cc1cccs1)c1nc2c(cc1C(N)=NO)CCC2. The first-order valence-electron chi connectivity index (χ1n) is 6.93. The van der Waals surface area contributed by atoms with Crippen molar-refractivity contribution >= 4 is 23.0 Å². The van der Waals surface area contributed by atoms with Crippen LogP contribution in [0.3, 0.4) is 0 Å². The Hall–Kier alpha value is -2.08. The van der Waals surface area contributed by atoms with Crippen molar-refractivity contribution in [3.05, 3.63) is 45.3 Å². The van der Waals surface area contributed by atoms with Crippen LogP contribution in [-0.2, 0) is 19.4 Å². The van der Waals surface area contributed by atoms with Crippen LogP contribution in [0, 0.1) is 0 Å². The van der Waals surface area contributed by atoms with Gasteiger partial charge < -0.3 is 15.8 Å². The molecule has 0 aromatic carbocycles. The molecule has 2 aromatic rings. The highest BCUT2D eigenvalue weighted by molar-refractivity contribution is 7.09. The van der Waals surface area contributed by atoms with Gasteiger partial charge in [-0.25, -0.2) is 4.98 Å². The van der Waals surface area contributed by atoms with Crippen LogP contribution in [0.1, 0.15) is 28.1 Å². The van der Waals surface area contributed by atoms with Crippen molar-refractivity contribution in [3.63, 3.8) is 0 Å². The van der Waals surface area contributed by atoms with E-state index in [4.69, 9.17) is 15.9 Å². The molecule has 5 nitrogen and oxygen atoms in total. The Labute approximate surface area is 127 Å². The van der Waals surface area contributed by atoms with Crippen molar-refractivity contribution in [1.29, 1.82) is 0 Å². The molecule has 1 aliphatic rings. The second-order valence-electron chi connectivity index (χ2n) is 5.24. The number of thiophene rings is 1. The summed E-state index contributed by atoms with van der Waals surface area (Å²) in [7, 11) is 1.98. The van der Waals surface area contributed by atoms with Gasteiger partial charge in [-0.2, -0.15) is 0 Å². The van der Waals surface area contributed by atoms with E-state index in [0.29, 0.717) is 5.56 Å². The molecule has 3 rings (SSSR count). The Morgan fingerprint density at radius 2 is 2.38 bits per heavy atom. The minimum Gasteiger partial charge on any atom is -0.409 e. The van der Waals surface area contributed by atoms with Gasteiger partial charge in [-0.3, -0.25) is 0 Å². The van der Waals surface area contributed by atoms with Gasteiger partial charge in [0.2, 0.25) is 0 Å². The van der Waals surface area contributed by atoms with Crippen molar-refractivity contribution in [2.75, 3.05) is 11.9 Å². The molecule has 2 aromatic heterocycles. The molecule has 110 valence electrons. The number of nitrogens with two attached hydrogens (primary N) is 1. The molecule has 21 heavy (non-hydrogen) atoms. The summed E-state index contributed by atoms with van der Waals surface area (Å²) < 4.78 is 0. The molecule has 6 heteroatoms. The predicted octanol–water partition coefficient (Wildman–Crippen LogP) is 2.36. The average Bonchev–Trinajstić information content (AvgIpc) is 3.15. The van der Waals surface area contributed by atoms with Crippen LogP contribution in [0.25, 0.3) is 0 Å². The molecular weight excluding hydrogens is 284 g/mol. The highest BCUT2D eigenvalue weighted by atomic mass is 32.1. The van der Waals surface area contributed by atoms with E-state index >= 15 is 0 Å². The zero-order valence-corrected chi connectivity index (χ0v) is 12.7. The minimum atomic E-state index is 0.116. The molecule has 0 aliphatic heterocycles. The van der Waals surface area contributed by atoms with Gasteiger partial charge in [0.05, 0.1) is 12.1 Å². The molecule has 0 saturated heterocycles. The first kappa shape index (κ1) is 13.9. The molecule has 1 aliphatic carbocycles. The number of rotatable bonds is 4. The number of amidine groups is 1. The van der Waals surface area contributed by atoms with Crippen LogP contribution in [0.4, 0.5) is 5.82 Å². The van der Waals surface area contributed by atoms with Crippen LogP contribution >= 0.6 is 11.3 Å². The second-order valence-corrected chi connectivity index (χ2v) is 6.27. The number of aromatic nitrogens is 1. The van der Waals surface area contributed by atoms with Crippen LogP contribution < -0.4 is 10.6 Å². The summed E-state index contributed by atoms with van der Waals surface area (Å²) in [5.41, 5.74) is 8.89. The number of pyridine rings is 1. The lowest BCUT2D eigenvalue weighted by atomic mass is 10.1. The third-order valence-electron chi connectivity index (χ3n) is 3.75. The summed E-state index contributed by atoms with van der Waals surface area (Å²) in [4.78, 5) is 8.07. The average molecular weight is 302 g/mol. The summed E-state index contributed by atoms with van der Waals surface area (Å²) in [6.07, 6.45) is 3.14. The number of aryl methyl sites for hydroxylation is 2. The summed E-state index contributed by atoms with van der Waals surface area (Å²) in [5.74, 6) is 0.893. The molecule has 0 amide bonds. The quantitative estimate of drug-likeness (QED) is 0.393. The first-order valence-corrected chi connectivity index (χ1v) is 7.81. The third-order valence-corrected chi connectivity index (χ3v) is 4.61. The first-order chi connectivity index (χ1) is 10.2. The Morgan fingerprint density at radius 1 is 1.52 bits per heavy atom. The molecule has 2 heterocycles. The van der Waals surface area contributed by atoms with E-state index in [1.807, 2.05) is 19.2 Å². The fourth-order valence-corrected chi connectivity index (χ4v) is 3.46. The van der Waals surface area contributed by atoms with Crippen molar-refractivity contribution in [2.24, 2.45) is 10.9 Å². The normalized spacial score (nSPS) is 14.2. The monoisotopic (exact) mass is 302 g/mol. The Morgan fingerprint density at radius 3 is 3.10 bits per heavy atom. The Balaban J connectivity index is 1.99. The van der Waals surface area contributed by atoms with Gasteiger partial charge in [0, 0.05) is 17.6 Å². The van der Waals surface area contributed by atoms with Gasteiger partial charge in [0.1, 0.15) is 5.82 Å². The highest BCUT2D eigenvalue weighted by Crippen LogP contribution is 2.28. The van der Waals surface area contributed by atoms with E-state index in [1.54, 1.807) is 11.3 Å². The highest BCUT2D eigenvalue weighted by Gasteiger charge is 2.20. The van der Waals surface area contributed by atoms with Gasteiger partial charge in [0.25, 0.3) is 0 Å². The van der Waals surface area contributed by atoms with E-state index in [9.17, 15) is 0 Å². The minimum absolute atomic E-state index is 0.116. The molecule has 0 bridgehead atoms. The molecule has 3 N–H and O–H groups in total. The van der Waals surface area contributed by atoms with Crippen LogP contribution in [-0.4, -0.2) is 23.1 Å². The maximum absolute atomic E-state index is 9.02. The van der Waals surface area contributed by atoms with Gasteiger partial charge in [-0.15, -0.1) is 11.3 Å². The Bertz CT molecular complexity index is 667. The van der Waals surface area contributed by atoms with Crippen LogP contribution in [0.5, 0.6) is 0 Å². The van der Waals surface area contributed by atoms with Crippen molar-refractivity contribution in [3.8, 4) is 0 Å². The van der Waals surface area contributed by atoms with Crippen molar-refractivity contribution < 1.29 is 5.21 Å². The maximum atomic E-state index is 9.02. The maximum Gasteiger partial charge on any atom is 0.173 e. The molecule has 0 atom stereocenters. The third kappa shape index (κ3) is 2.71. The lowest BCUT2D eigenvalue weighted by molar-refractivity contribution is 0.318. The van der Waals surface area contributed by atoms with Crippen LogP contribution in [0.15, 0.2) is 28.7 Å². The molecule has 0 unspecified atom stereocenters. The molecular formula is C15H18N4OS. The lowest BCUT2D eigenvalue weighted by Crippen LogP contribution is -2.24. The largest absolute Gasteiger partial charge is 0.409 e. The molecule has 0 radical (unpaired) electrons. The number of hydrogen-bond acceptors (Lipinski definition) is 5. The van der Waals surface area contributed by atoms with Gasteiger partial charge in [-0.05, 0) is 42.3 Å². The van der Waals surface area contributed by atoms with E-state index in [-0.39, 0.29) is 5.84 Å².